The molecule has 1 amide bonds. The van der Waals surface area contributed by atoms with Crippen molar-refractivity contribution in [3.8, 4) is 0 Å². The minimum Gasteiger partial charge on any atom is -0.381 e. The lowest BCUT2D eigenvalue weighted by Crippen LogP contribution is -2.36. The number of nitrogens with one attached hydrogen (secondary N) is 1. The van der Waals surface area contributed by atoms with E-state index in [0.717, 1.165) is 12.8 Å². The summed E-state index contributed by atoms with van der Waals surface area (Å²) in [6.45, 7) is 4.31. The van der Waals surface area contributed by atoms with Crippen molar-refractivity contribution in [2.45, 2.75) is 39.3 Å². The van der Waals surface area contributed by atoms with E-state index < -0.39 is 0 Å². The van der Waals surface area contributed by atoms with Crippen LogP contribution in [0.2, 0.25) is 0 Å². The first-order valence-electron chi connectivity index (χ1n) is 5.34. The van der Waals surface area contributed by atoms with E-state index in [4.69, 9.17) is 5.73 Å². The van der Waals surface area contributed by atoms with Crippen molar-refractivity contribution in [3.63, 3.8) is 0 Å². The number of carbonyl (C=O) groups is 1. The molecule has 16 heavy (non-hydrogen) atoms. The molecule has 0 atom stereocenters. The molecule has 0 aliphatic rings. The van der Waals surface area contributed by atoms with E-state index in [2.05, 4.69) is 40.2 Å². The maximum absolute atomic E-state index is 11.6. The van der Waals surface area contributed by atoms with Crippen LogP contribution in [0.3, 0.4) is 0 Å². The second-order valence-electron chi connectivity index (χ2n) is 3.64. The summed E-state index contributed by atoms with van der Waals surface area (Å²) in [7, 11) is 0. The number of nitrogens with zero attached hydrogens (tertiary/aromatic N) is 2. The number of rotatable bonds is 5. The average Bonchev–Trinajstić information content (AvgIpc) is 2.54. The number of nitrogen functional groups attached to an aromatic ring is 1. The number of hydrogen-bond acceptors (Lipinski definition) is 3. The molecule has 0 aliphatic heterocycles. The lowest BCUT2D eigenvalue weighted by molar-refractivity contribution is -0.122. The number of aromatic nitrogens is 2. The Bertz CT molecular complexity index is 340. The highest BCUT2D eigenvalue weighted by Gasteiger charge is 2.10. The van der Waals surface area contributed by atoms with Crippen LogP contribution in [0.15, 0.2) is 10.7 Å². The van der Waals surface area contributed by atoms with Crippen LogP contribution in [0, 0.1) is 0 Å². The third-order valence-electron chi connectivity index (χ3n) is 2.40. The van der Waals surface area contributed by atoms with Gasteiger partial charge in [-0.3, -0.25) is 9.48 Å². The summed E-state index contributed by atoms with van der Waals surface area (Å²) >= 11 is 3.24. The molecule has 3 N–H and O–H groups in total. The van der Waals surface area contributed by atoms with Crippen LogP contribution in [-0.4, -0.2) is 21.7 Å². The van der Waals surface area contributed by atoms with Gasteiger partial charge in [0.2, 0.25) is 5.91 Å². The second-order valence-corrected chi connectivity index (χ2v) is 4.50. The van der Waals surface area contributed by atoms with Gasteiger partial charge in [0.05, 0.1) is 4.47 Å². The third-order valence-corrected chi connectivity index (χ3v) is 3.01. The van der Waals surface area contributed by atoms with Gasteiger partial charge in [0.15, 0.2) is 5.82 Å². The normalized spacial score (nSPS) is 10.8. The lowest BCUT2D eigenvalue weighted by atomic mass is 10.2. The monoisotopic (exact) mass is 288 g/mol. The summed E-state index contributed by atoms with van der Waals surface area (Å²) in [5.41, 5.74) is 5.56. The van der Waals surface area contributed by atoms with E-state index in [0.29, 0.717) is 10.3 Å². The lowest BCUT2D eigenvalue weighted by Gasteiger charge is -2.14. The highest BCUT2D eigenvalue weighted by atomic mass is 79.9. The predicted octanol–water partition coefficient (Wildman–Crippen LogP) is 1.53. The minimum atomic E-state index is -0.0382. The van der Waals surface area contributed by atoms with Crippen molar-refractivity contribution < 1.29 is 4.79 Å². The smallest absolute Gasteiger partial charge is 0.241 e. The van der Waals surface area contributed by atoms with E-state index in [1.807, 2.05) is 0 Å². The number of nitrogens with two attached hydrogens (primary N) is 1. The fourth-order valence-electron chi connectivity index (χ4n) is 1.41. The van der Waals surface area contributed by atoms with Crippen LogP contribution in [0.25, 0.3) is 0 Å². The standard InChI is InChI=1S/C10H17BrN4O/c1-3-7(4-2)13-9(16)6-15-5-8(11)10(12)14-15/h5,7H,3-4,6H2,1-2H3,(H2,12,14)(H,13,16). The van der Waals surface area contributed by atoms with Crippen molar-refractivity contribution in [3.05, 3.63) is 10.7 Å². The number of hydrogen-bond donors (Lipinski definition) is 2. The zero-order valence-corrected chi connectivity index (χ0v) is 11.1. The van der Waals surface area contributed by atoms with Gasteiger partial charge in [0.1, 0.15) is 6.54 Å². The Kier molecular flexibility index (Phi) is 4.79. The van der Waals surface area contributed by atoms with Crippen LogP contribution in [0.5, 0.6) is 0 Å². The van der Waals surface area contributed by atoms with Crippen LogP contribution >= 0.6 is 15.9 Å². The summed E-state index contributed by atoms with van der Waals surface area (Å²) in [6.07, 6.45) is 3.57. The SMILES string of the molecule is CCC(CC)NC(=O)Cn1cc(Br)c(N)n1. The van der Waals surface area contributed by atoms with Gasteiger partial charge in [-0.05, 0) is 28.8 Å². The maximum Gasteiger partial charge on any atom is 0.241 e. The molecule has 1 aromatic rings. The Balaban J connectivity index is 2.51. The molecular formula is C10H17BrN4O. The number of amides is 1. The van der Waals surface area contributed by atoms with Crippen LogP contribution in [0.4, 0.5) is 5.82 Å². The number of halogens is 1. The Morgan fingerprint density at radius 2 is 2.25 bits per heavy atom. The molecule has 0 fully saturated rings. The van der Waals surface area contributed by atoms with Gasteiger partial charge in [0.25, 0.3) is 0 Å². The topological polar surface area (TPSA) is 72.9 Å². The summed E-state index contributed by atoms with van der Waals surface area (Å²) in [5, 5.41) is 6.93. The second kappa shape index (κ2) is 5.89. The largest absolute Gasteiger partial charge is 0.381 e. The Hall–Kier alpha value is -1.04. The molecule has 0 unspecified atom stereocenters. The van der Waals surface area contributed by atoms with E-state index >= 15 is 0 Å². The quantitative estimate of drug-likeness (QED) is 0.863. The molecule has 1 aromatic heterocycles. The molecule has 0 bridgehead atoms. The summed E-state index contributed by atoms with van der Waals surface area (Å²) in [4.78, 5) is 11.6. The van der Waals surface area contributed by atoms with Gasteiger partial charge in [-0.1, -0.05) is 13.8 Å². The molecule has 0 aliphatic carbocycles. The summed E-state index contributed by atoms with van der Waals surface area (Å²) in [6, 6.07) is 0.240. The first kappa shape index (κ1) is 13.0. The van der Waals surface area contributed by atoms with E-state index in [1.165, 1.54) is 4.68 Å². The van der Waals surface area contributed by atoms with E-state index in [-0.39, 0.29) is 18.5 Å². The highest BCUT2D eigenvalue weighted by molar-refractivity contribution is 9.10. The molecule has 0 saturated carbocycles. The van der Waals surface area contributed by atoms with Crippen molar-refractivity contribution in [2.75, 3.05) is 5.73 Å². The molecule has 0 radical (unpaired) electrons. The zero-order valence-electron chi connectivity index (χ0n) is 9.53. The number of carbonyl (C=O) groups excluding carboxylic acids is 1. The van der Waals surface area contributed by atoms with Gasteiger partial charge >= 0.3 is 0 Å². The Morgan fingerprint density at radius 3 is 2.69 bits per heavy atom. The van der Waals surface area contributed by atoms with E-state index in [9.17, 15) is 4.79 Å². The maximum atomic E-state index is 11.6. The molecular weight excluding hydrogens is 272 g/mol. The minimum absolute atomic E-state index is 0.0382. The van der Waals surface area contributed by atoms with E-state index in [1.54, 1.807) is 6.20 Å². The number of anilines is 1. The van der Waals surface area contributed by atoms with Crippen molar-refractivity contribution in [1.29, 1.82) is 0 Å². The zero-order chi connectivity index (χ0) is 12.1. The van der Waals surface area contributed by atoms with Crippen LogP contribution in [0.1, 0.15) is 26.7 Å². The van der Waals surface area contributed by atoms with Crippen molar-refractivity contribution >= 4 is 27.7 Å². The molecule has 6 heteroatoms. The van der Waals surface area contributed by atoms with Crippen molar-refractivity contribution in [1.82, 2.24) is 15.1 Å². The Morgan fingerprint density at radius 1 is 1.62 bits per heavy atom. The fraction of sp³-hybridized carbons (Fsp3) is 0.600. The molecule has 0 spiro atoms. The molecule has 1 heterocycles. The fourth-order valence-corrected chi connectivity index (χ4v) is 1.72. The van der Waals surface area contributed by atoms with Crippen LogP contribution < -0.4 is 11.1 Å². The molecule has 0 saturated heterocycles. The molecule has 0 aromatic carbocycles. The summed E-state index contributed by atoms with van der Waals surface area (Å²) in [5.74, 6) is 0.360. The molecule has 1 rings (SSSR count). The highest BCUT2D eigenvalue weighted by Crippen LogP contribution is 2.15. The van der Waals surface area contributed by atoms with Crippen molar-refractivity contribution in [2.24, 2.45) is 0 Å². The predicted molar refractivity (Wildman–Crippen MR) is 66.9 cm³/mol. The van der Waals surface area contributed by atoms with Gasteiger partial charge in [-0.15, -0.1) is 0 Å². The van der Waals surface area contributed by atoms with Gasteiger partial charge in [-0.25, -0.2) is 0 Å². The molecule has 90 valence electrons. The van der Waals surface area contributed by atoms with Gasteiger partial charge in [0, 0.05) is 12.2 Å². The molecule has 5 nitrogen and oxygen atoms in total. The van der Waals surface area contributed by atoms with Crippen LogP contribution in [-0.2, 0) is 11.3 Å². The first-order chi connectivity index (χ1) is 7.56. The third kappa shape index (κ3) is 3.52. The van der Waals surface area contributed by atoms with Gasteiger partial charge < -0.3 is 11.1 Å². The first-order valence-corrected chi connectivity index (χ1v) is 6.13. The Labute approximate surface area is 104 Å². The average molecular weight is 289 g/mol. The summed E-state index contributed by atoms with van der Waals surface area (Å²) < 4.78 is 2.24. The van der Waals surface area contributed by atoms with Gasteiger partial charge in [-0.2, -0.15) is 5.10 Å².